The van der Waals surface area contributed by atoms with E-state index < -0.39 is 0 Å². The van der Waals surface area contributed by atoms with Crippen molar-refractivity contribution in [3.63, 3.8) is 0 Å². The van der Waals surface area contributed by atoms with Crippen LogP contribution >= 0.6 is 0 Å². The van der Waals surface area contributed by atoms with Crippen LogP contribution in [0.4, 0.5) is 4.39 Å². The third kappa shape index (κ3) is 3.07. The van der Waals surface area contributed by atoms with Gasteiger partial charge in [0.2, 0.25) is 0 Å². The van der Waals surface area contributed by atoms with Crippen LogP contribution in [0.3, 0.4) is 0 Å². The summed E-state index contributed by atoms with van der Waals surface area (Å²) in [5.74, 6) is -0.300. The smallest absolute Gasteiger partial charge is 0.283 e. The first-order valence-corrected chi connectivity index (χ1v) is 10.6. The molecule has 7 nitrogen and oxygen atoms in total. The van der Waals surface area contributed by atoms with Gasteiger partial charge in [-0.15, -0.1) is 10.2 Å². The van der Waals surface area contributed by atoms with Crippen LogP contribution in [0.5, 0.6) is 0 Å². The highest BCUT2D eigenvalue weighted by Crippen LogP contribution is 2.29. The summed E-state index contributed by atoms with van der Waals surface area (Å²) in [5.41, 5.74) is 3.38. The van der Waals surface area contributed by atoms with Crippen molar-refractivity contribution in [2.75, 3.05) is 0 Å². The van der Waals surface area contributed by atoms with Crippen molar-refractivity contribution in [2.45, 2.75) is 57.9 Å². The summed E-state index contributed by atoms with van der Waals surface area (Å²) >= 11 is 0. The van der Waals surface area contributed by atoms with Crippen LogP contribution in [0.1, 0.15) is 57.2 Å². The molecule has 0 saturated heterocycles. The summed E-state index contributed by atoms with van der Waals surface area (Å²) in [4.78, 5) is 17.8. The van der Waals surface area contributed by atoms with Crippen LogP contribution < -0.4 is 5.56 Å². The molecule has 0 amide bonds. The fourth-order valence-electron chi connectivity index (χ4n) is 4.44. The minimum atomic E-state index is -0.300. The van der Waals surface area contributed by atoms with Crippen molar-refractivity contribution in [1.29, 1.82) is 0 Å². The molecule has 3 heterocycles. The lowest BCUT2D eigenvalue weighted by atomic mass is 10.0. The minimum absolute atomic E-state index is 0.160. The number of aromatic nitrogens is 6. The number of rotatable bonds is 3. The van der Waals surface area contributed by atoms with Gasteiger partial charge in [-0.3, -0.25) is 9.36 Å². The quantitative estimate of drug-likeness (QED) is 0.479. The zero-order valence-electron chi connectivity index (χ0n) is 16.9. The van der Waals surface area contributed by atoms with Gasteiger partial charge >= 0.3 is 0 Å². The van der Waals surface area contributed by atoms with E-state index in [1.54, 1.807) is 27.5 Å². The van der Waals surface area contributed by atoms with Gasteiger partial charge in [0.25, 0.3) is 5.56 Å². The van der Waals surface area contributed by atoms with Crippen molar-refractivity contribution in [2.24, 2.45) is 0 Å². The Bertz CT molecular complexity index is 1270. The van der Waals surface area contributed by atoms with Gasteiger partial charge in [0.15, 0.2) is 16.8 Å². The minimum Gasteiger partial charge on any atom is -0.294 e. The molecule has 0 atom stereocenters. The molecule has 1 aromatic carbocycles. The van der Waals surface area contributed by atoms with E-state index in [1.165, 1.54) is 25.0 Å². The number of hydrogen-bond donors (Lipinski definition) is 0. The summed E-state index contributed by atoms with van der Waals surface area (Å²) in [5, 5.41) is 13.3. The van der Waals surface area contributed by atoms with Gasteiger partial charge in [-0.2, -0.15) is 9.61 Å². The normalized spacial score (nSPS) is 15.7. The molecule has 0 N–H and O–H groups in total. The highest BCUT2D eigenvalue weighted by molar-refractivity contribution is 5.83. The van der Waals surface area contributed by atoms with Crippen molar-refractivity contribution >= 4 is 16.8 Å². The summed E-state index contributed by atoms with van der Waals surface area (Å²) in [6.45, 7) is 2.00. The molecule has 0 aliphatic heterocycles. The first kappa shape index (κ1) is 18.8. The van der Waals surface area contributed by atoms with E-state index in [4.69, 9.17) is 0 Å². The standard InChI is InChI=1S/C22H23FN6O/c1-2-17-18(14-9-11-15(23)12-10-14)20-26-25-19-21(29(20)27-17)24-13-28(22(19)30)16-7-5-3-4-6-8-16/h9-13,16H,2-8H2,1H3. The Balaban J connectivity index is 1.69. The number of halogens is 1. The Kier molecular flexibility index (Phi) is 4.77. The van der Waals surface area contributed by atoms with E-state index >= 15 is 0 Å². The van der Waals surface area contributed by atoms with Gasteiger partial charge in [0.05, 0.1) is 11.3 Å². The lowest BCUT2D eigenvalue weighted by molar-refractivity contribution is 0.429. The van der Waals surface area contributed by atoms with Crippen molar-refractivity contribution in [3.05, 3.63) is 52.5 Å². The topological polar surface area (TPSA) is 78.0 Å². The summed E-state index contributed by atoms with van der Waals surface area (Å²) in [6.07, 6.45) is 8.94. The van der Waals surface area contributed by atoms with Crippen LogP contribution in [-0.2, 0) is 6.42 Å². The lowest BCUT2D eigenvalue weighted by Gasteiger charge is -2.17. The third-order valence-corrected chi connectivity index (χ3v) is 6.02. The molecule has 8 heteroatoms. The number of nitrogens with zero attached hydrogens (tertiary/aromatic N) is 6. The Morgan fingerprint density at radius 2 is 1.77 bits per heavy atom. The molecule has 5 rings (SSSR count). The van der Waals surface area contributed by atoms with Gasteiger partial charge in [-0.05, 0) is 37.0 Å². The van der Waals surface area contributed by atoms with Crippen LogP contribution in [0.2, 0.25) is 0 Å². The maximum atomic E-state index is 13.4. The van der Waals surface area contributed by atoms with E-state index in [2.05, 4.69) is 20.3 Å². The third-order valence-electron chi connectivity index (χ3n) is 6.02. The second-order valence-electron chi connectivity index (χ2n) is 7.89. The number of hydrogen-bond acceptors (Lipinski definition) is 5. The van der Waals surface area contributed by atoms with E-state index in [1.807, 2.05) is 6.92 Å². The van der Waals surface area contributed by atoms with E-state index in [9.17, 15) is 9.18 Å². The highest BCUT2D eigenvalue weighted by atomic mass is 19.1. The highest BCUT2D eigenvalue weighted by Gasteiger charge is 2.22. The Hall–Kier alpha value is -3.16. The maximum absolute atomic E-state index is 13.4. The van der Waals surface area contributed by atoms with Crippen molar-refractivity contribution in [3.8, 4) is 11.1 Å². The van der Waals surface area contributed by atoms with E-state index in [0.29, 0.717) is 17.7 Å². The molecular weight excluding hydrogens is 383 g/mol. The van der Waals surface area contributed by atoms with Crippen LogP contribution in [-0.4, -0.2) is 29.4 Å². The first-order chi connectivity index (χ1) is 14.7. The van der Waals surface area contributed by atoms with Gasteiger partial charge in [0.1, 0.15) is 12.1 Å². The molecule has 1 fully saturated rings. The van der Waals surface area contributed by atoms with E-state index in [-0.39, 0.29) is 22.9 Å². The zero-order chi connectivity index (χ0) is 20.7. The second kappa shape index (κ2) is 7.59. The van der Waals surface area contributed by atoms with Gasteiger partial charge in [0, 0.05) is 6.04 Å². The molecule has 30 heavy (non-hydrogen) atoms. The number of fused-ring (bicyclic) bond motifs is 3. The lowest BCUT2D eigenvalue weighted by Crippen LogP contribution is -2.26. The largest absolute Gasteiger partial charge is 0.294 e. The molecule has 3 aromatic heterocycles. The van der Waals surface area contributed by atoms with Gasteiger partial charge < -0.3 is 0 Å². The molecule has 154 valence electrons. The average molecular weight is 406 g/mol. The Morgan fingerprint density at radius 3 is 2.47 bits per heavy atom. The maximum Gasteiger partial charge on any atom is 0.283 e. The molecule has 1 aliphatic carbocycles. The molecule has 0 bridgehead atoms. The number of benzene rings is 1. The fourth-order valence-corrected chi connectivity index (χ4v) is 4.44. The molecule has 4 aromatic rings. The second-order valence-corrected chi connectivity index (χ2v) is 7.89. The van der Waals surface area contributed by atoms with Crippen molar-refractivity contribution in [1.82, 2.24) is 29.4 Å². The molecule has 1 saturated carbocycles. The van der Waals surface area contributed by atoms with Gasteiger partial charge in [-0.1, -0.05) is 44.7 Å². The number of aryl methyl sites for hydroxylation is 1. The predicted octanol–water partition coefficient (Wildman–Crippen LogP) is 4.10. The average Bonchev–Trinajstić information content (AvgIpc) is 2.93. The summed E-state index contributed by atoms with van der Waals surface area (Å²) < 4.78 is 16.7. The monoisotopic (exact) mass is 406 g/mol. The first-order valence-electron chi connectivity index (χ1n) is 10.6. The molecule has 0 radical (unpaired) electrons. The molecule has 1 aliphatic rings. The zero-order valence-corrected chi connectivity index (χ0v) is 16.9. The van der Waals surface area contributed by atoms with Crippen LogP contribution in [0.25, 0.3) is 27.9 Å². The SMILES string of the molecule is CCc1nn2c(nnc3c(=O)n(C4CCCCCC4)cnc32)c1-c1ccc(F)cc1. The summed E-state index contributed by atoms with van der Waals surface area (Å²) in [6, 6.07) is 6.39. The van der Waals surface area contributed by atoms with Crippen LogP contribution in [0, 0.1) is 5.82 Å². The predicted molar refractivity (Wildman–Crippen MR) is 112 cm³/mol. The Labute approximate surface area is 172 Å². The fraction of sp³-hybridized carbons (Fsp3) is 0.409. The van der Waals surface area contributed by atoms with Crippen LogP contribution in [0.15, 0.2) is 35.4 Å². The molecule has 0 spiro atoms. The van der Waals surface area contributed by atoms with Gasteiger partial charge in [-0.25, -0.2) is 9.37 Å². The molecular formula is C22H23FN6O. The summed E-state index contributed by atoms with van der Waals surface area (Å²) in [7, 11) is 0. The molecule has 0 unspecified atom stereocenters. The Morgan fingerprint density at radius 1 is 1.03 bits per heavy atom. The van der Waals surface area contributed by atoms with E-state index in [0.717, 1.165) is 42.5 Å². The van der Waals surface area contributed by atoms with Crippen molar-refractivity contribution < 1.29 is 4.39 Å².